The fraction of sp³-hybridized carbons (Fsp3) is 0.125. The Bertz CT molecular complexity index is 1240. The number of rotatable bonds is 5. The standard InChI is InChI=1S/C24H19ClN3O3/c1-15-8-11-18(13-19(15)23(29)27-30)31-24-26-21-12-17(20(25)14-22(21)28(24)2)10-9-16-6-4-3-5-7-16/h3-8,11-14H,2,9-10H2,1H3/q+1. The van der Waals surface area contributed by atoms with E-state index >= 15 is 0 Å². The summed E-state index contributed by atoms with van der Waals surface area (Å²) in [7, 11) is 0. The van der Waals surface area contributed by atoms with Crippen molar-refractivity contribution in [3.8, 4) is 5.75 Å². The van der Waals surface area contributed by atoms with Gasteiger partial charge in [-0.25, -0.2) is 0 Å². The molecule has 0 spiro atoms. The summed E-state index contributed by atoms with van der Waals surface area (Å²) in [6.07, 6.45) is 1.65. The topological polar surface area (TPSA) is 71.1 Å². The average Bonchev–Trinajstić information content (AvgIpc) is 3.08. The van der Waals surface area contributed by atoms with E-state index in [1.54, 1.807) is 23.6 Å². The molecular weight excluding hydrogens is 414 g/mol. The molecule has 1 heterocycles. The first-order valence-electron chi connectivity index (χ1n) is 9.68. The zero-order valence-electron chi connectivity index (χ0n) is 16.8. The van der Waals surface area contributed by atoms with Crippen LogP contribution in [0.1, 0.15) is 27.0 Å². The highest BCUT2D eigenvalue weighted by Crippen LogP contribution is 2.38. The molecule has 1 amide bonds. The molecule has 4 rings (SSSR count). The summed E-state index contributed by atoms with van der Waals surface area (Å²) >= 11 is 6.51. The quantitative estimate of drug-likeness (QED) is 0.380. The second-order valence-electron chi connectivity index (χ2n) is 7.22. The number of amides is 1. The Morgan fingerprint density at radius 3 is 2.65 bits per heavy atom. The van der Waals surface area contributed by atoms with Crippen molar-refractivity contribution in [3.05, 3.63) is 92.8 Å². The molecular formula is C24H19ClN3O3+. The molecule has 0 bridgehead atoms. The number of ether oxygens (including phenoxy) is 1. The van der Waals surface area contributed by atoms with Gasteiger partial charge in [-0.05, 0) is 54.7 Å². The van der Waals surface area contributed by atoms with Crippen molar-refractivity contribution < 1.29 is 14.1 Å². The van der Waals surface area contributed by atoms with E-state index in [1.165, 1.54) is 11.6 Å². The molecule has 3 aromatic carbocycles. The zero-order chi connectivity index (χ0) is 22.0. The molecule has 1 aliphatic rings. The lowest BCUT2D eigenvalue weighted by Gasteiger charge is -2.06. The van der Waals surface area contributed by atoms with Gasteiger partial charge in [0.05, 0.1) is 12.3 Å². The number of hydrogen-bond donors (Lipinski definition) is 0. The third-order valence-electron chi connectivity index (χ3n) is 5.14. The zero-order valence-corrected chi connectivity index (χ0v) is 17.6. The predicted octanol–water partition coefficient (Wildman–Crippen LogP) is 5.76. The van der Waals surface area contributed by atoms with Crippen LogP contribution >= 0.6 is 11.6 Å². The number of carbonyl (C=O) groups excluding carboxylic acids is 1. The molecule has 7 heteroatoms. The average molecular weight is 433 g/mol. The highest BCUT2D eigenvalue weighted by molar-refractivity contribution is 6.31. The van der Waals surface area contributed by atoms with Gasteiger partial charge in [0.2, 0.25) is 5.69 Å². The van der Waals surface area contributed by atoms with Crippen LogP contribution in [-0.4, -0.2) is 23.2 Å². The van der Waals surface area contributed by atoms with Crippen molar-refractivity contribution in [2.24, 2.45) is 10.2 Å². The van der Waals surface area contributed by atoms with Crippen LogP contribution in [0.3, 0.4) is 0 Å². The highest BCUT2D eigenvalue weighted by atomic mass is 35.5. The van der Waals surface area contributed by atoms with Gasteiger partial charge in [-0.2, -0.15) is 4.58 Å². The Morgan fingerprint density at radius 2 is 1.90 bits per heavy atom. The fourth-order valence-corrected chi connectivity index (χ4v) is 3.66. The van der Waals surface area contributed by atoms with Crippen LogP contribution in [0.15, 0.2) is 70.8 Å². The molecule has 6 nitrogen and oxygen atoms in total. The minimum absolute atomic E-state index is 0.186. The van der Waals surface area contributed by atoms with Crippen molar-refractivity contribution in [3.63, 3.8) is 0 Å². The van der Waals surface area contributed by atoms with Crippen molar-refractivity contribution in [2.45, 2.75) is 19.8 Å². The molecule has 0 unspecified atom stereocenters. The molecule has 0 fully saturated rings. The summed E-state index contributed by atoms with van der Waals surface area (Å²) in [6.45, 7) is 5.72. The fourth-order valence-electron chi connectivity index (χ4n) is 3.41. The maximum absolute atomic E-state index is 11.7. The van der Waals surface area contributed by atoms with Gasteiger partial charge in [0.1, 0.15) is 5.75 Å². The predicted molar refractivity (Wildman–Crippen MR) is 121 cm³/mol. The maximum atomic E-state index is 11.7. The van der Waals surface area contributed by atoms with Gasteiger partial charge < -0.3 is 4.74 Å². The molecule has 0 atom stereocenters. The summed E-state index contributed by atoms with van der Waals surface area (Å²) < 4.78 is 7.39. The third kappa shape index (κ3) is 4.29. The molecule has 0 saturated carbocycles. The maximum Gasteiger partial charge on any atom is 0.509 e. The summed E-state index contributed by atoms with van der Waals surface area (Å²) in [6, 6.07) is 19.0. The minimum Gasteiger partial charge on any atom is -0.389 e. The van der Waals surface area contributed by atoms with Gasteiger partial charge in [0, 0.05) is 21.3 Å². The Morgan fingerprint density at radius 1 is 1.13 bits per heavy atom. The van der Waals surface area contributed by atoms with Crippen LogP contribution in [-0.2, 0) is 12.8 Å². The molecule has 0 aromatic heterocycles. The number of hydrogen-bond acceptors (Lipinski definition) is 4. The SMILES string of the molecule is C=[N+]1C(Oc2ccc(C)c(C(=O)N=O)c2)=Nc2cc(CCc3ccccc3)c(Cl)cc21. The molecule has 0 N–H and O–H groups in total. The van der Waals surface area contributed by atoms with Gasteiger partial charge in [0.15, 0.2) is 5.69 Å². The largest absolute Gasteiger partial charge is 0.509 e. The van der Waals surface area contributed by atoms with Crippen molar-refractivity contribution in [1.82, 2.24) is 0 Å². The van der Waals surface area contributed by atoms with Crippen LogP contribution in [0.2, 0.25) is 5.02 Å². The molecule has 31 heavy (non-hydrogen) atoms. The molecule has 0 radical (unpaired) electrons. The molecule has 0 aliphatic carbocycles. The summed E-state index contributed by atoms with van der Waals surface area (Å²) in [5, 5.41) is 3.13. The van der Waals surface area contributed by atoms with E-state index in [0.717, 1.165) is 24.1 Å². The number of carbonyl (C=O) groups is 1. The second-order valence-corrected chi connectivity index (χ2v) is 7.62. The summed E-state index contributed by atoms with van der Waals surface area (Å²) in [4.78, 5) is 26.9. The molecule has 3 aromatic rings. The normalized spacial score (nSPS) is 12.3. The Kier molecular flexibility index (Phi) is 5.73. The van der Waals surface area contributed by atoms with Crippen molar-refractivity contribution in [1.29, 1.82) is 0 Å². The van der Waals surface area contributed by atoms with Crippen LogP contribution in [0.5, 0.6) is 5.75 Å². The molecule has 154 valence electrons. The monoisotopic (exact) mass is 432 g/mol. The van der Waals surface area contributed by atoms with E-state index in [2.05, 4.69) is 29.0 Å². The number of benzene rings is 3. The van der Waals surface area contributed by atoms with Gasteiger partial charge >= 0.3 is 11.9 Å². The minimum atomic E-state index is -0.846. The van der Waals surface area contributed by atoms with Crippen molar-refractivity contribution >= 4 is 41.6 Å². The lowest BCUT2D eigenvalue weighted by atomic mass is 10.0. The number of aryl methyl sites for hydroxylation is 3. The number of halogens is 1. The number of nitroso groups, excluding NO2 is 1. The third-order valence-corrected chi connectivity index (χ3v) is 5.49. The van der Waals surface area contributed by atoms with E-state index in [-0.39, 0.29) is 11.6 Å². The van der Waals surface area contributed by atoms with Crippen LogP contribution in [0.4, 0.5) is 11.4 Å². The Hall–Kier alpha value is -3.64. The van der Waals surface area contributed by atoms with Gasteiger partial charge in [0.25, 0.3) is 0 Å². The summed E-state index contributed by atoms with van der Waals surface area (Å²) in [5.74, 6) is -0.492. The van der Waals surface area contributed by atoms with Crippen LogP contribution < -0.4 is 4.74 Å². The first kappa shape index (κ1) is 20.6. The summed E-state index contributed by atoms with van der Waals surface area (Å²) in [5.41, 5.74) is 4.47. The van der Waals surface area contributed by atoms with E-state index < -0.39 is 5.91 Å². The number of aliphatic imine (C=N–C) groups is 1. The number of fused-ring (bicyclic) bond motifs is 1. The first-order chi connectivity index (χ1) is 15.0. The van der Waals surface area contributed by atoms with Crippen molar-refractivity contribution in [2.75, 3.05) is 0 Å². The smallest absolute Gasteiger partial charge is 0.389 e. The molecule has 1 aliphatic heterocycles. The van der Waals surface area contributed by atoms with Crippen LogP contribution in [0.25, 0.3) is 0 Å². The number of amidine groups is 1. The van der Waals surface area contributed by atoms with E-state index in [0.29, 0.717) is 22.0 Å². The van der Waals surface area contributed by atoms with Gasteiger partial charge in [-0.15, -0.1) is 4.91 Å². The van der Waals surface area contributed by atoms with E-state index in [9.17, 15) is 9.70 Å². The second kappa shape index (κ2) is 8.62. The van der Waals surface area contributed by atoms with E-state index in [4.69, 9.17) is 16.3 Å². The lowest BCUT2D eigenvalue weighted by Crippen LogP contribution is -2.17. The lowest BCUT2D eigenvalue weighted by molar-refractivity contribution is -0.309. The highest BCUT2D eigenvalue weighted by Gasteiger charge is 2.32. The van der Waals surface area contributed by atoms with Gasteiger partial charge in [-0.1, -0.05) is 48.0 Å². The van der Waals surface area contributed by atoms with E-state index in [1.807, 2.05) is 30.3 Å². The first-order valence-corrected chi connectivity index (χ1v) is 10.1. The van der Waals surface area contributed by atoms with Crippen LogP contribution in [0, 0.1) is 11.8 Å². The molecule has 0 saturated heterocycles. The van der Waals surface area contributed by atoms with Gasteiger partial charge in [-0.3, -0.25) is 4.79 Å². The Labute approximate surface area is 184 Å². The number of nitrogens with zero attached hydrogens (tertiary/aromatic N) is 3. The Balaban J connectivity index is 1.56.